The lowest BCUT2D eigenvalue weighted by molar-refractivity contribution is 0.0692. The molecule has 1 N–H and O–H groups in total. The maximum absolute atomic E-state index is 10.9. The van der Waals surface area contributed by atoms with Gasteiger partial charge < -0.3 is 9.84 Å². The van der Waals surface area contributed by atoms with Crippen LogP contribution in [0.1, 0.15) is 23.7 Å². The van der Waals surface area contributed by atoms with Gasteiger partial charge in [0, 0.05) is 5.75 Å². The van der Waals surface area contributed by atoms with Crippen molar-refractivity contribution >= 4 is 17.7 Å². The molecule has 0 saturated carbocycles. The zero-order valence-corrected chi connectivity index (χ0v) is 10.1. The minimum absolute atomic E-state index is 0.225. The van der Waals surface area contributed by atoms with E-state index in [2.05, 4.69) is 6.92 Å². The molecule has 0 saturated heterocycles. The van der Waals surface area contributed by atoms with E-state index in [1.165, 1.54) is 0 Å². The van der Waals surface area contributed by atoms with Crippen LogP contribution >= 0.6 is 11.8 Å². The van der Waals surface area contributed by atoms with Gasteiger partial charge in [-0.05, 0) is 24.3 Å². The smallest absolute Gasteiger partial charge is 0.339 e. The molecule has 0 aromatic heterocycles. The van der Waals surface area contributed by atoms with Crippen molar-refractivity contribution in [1.82, 2.24) is 0 Å². The standard InChI is InChI=1S/C12H16O3S/c1-2-8-16-9-7-15-11-6-4-3-5-10(11)12(13)14/h3-6H,2,7-9H2,1H3,(H,13,14). The summed E-state index contributed by atoms with van der Waals surface area (Å²) in [6.45, 7) is 2.68. The van der Waals surface area contributed by atoms with Crippen LogP contribution in [0.5, 0.6) is 5.75 Å². The van der Waals surface area contributed by atoms with Gasteiger partial charge in [0.05, 0.1) is 6.61 Å². The topological polar surface area (TPSA) is 46.5 Å². The highest BCUT2D eigenvalue weighted by Gasteiger charge is 2.09. The third kappa shape index (κ3) is 4.14. The molecule has 16 heavy (non-hydrogen) atoms. The molecule has 0 fully saturated rings. The first kappa shape index (κ1) is 12.9. The molecule has 0 spiro atoms. The Hall–Kier alpha value is -1.16. The van der Waals surface area contributed by atoms with E-state index in [1.54, 1.807) is 24.3 Å². The van der Waals surface area contributed by atoms with E-state index >= 15 is 0 Å². The highest BCUT2D eigenvalue weighted by atomic mass is 32.2. The van der Waals surface area contributed by atoms with Gasteiger partial charge in [-0.15, -0.1) is 0 Å². The number of ether oxygens (including phenoxy) is 1. The molecule has 1 aromatic carbocycles. The molecule has 0 radical (unpaired) electrons. The molecule has 88 valence electrons. The summed E-state index contributed by atoms with van der Waals surface area (Å²) in [5.41, 5.74) is 0.225. The average Bonchev–Trinajstić information content (AvgIpc) is 2.29. The second-order valence-corrected chi connectivity index (χ2v) is 4.49. The quantitative estimate of drug-likeness (QED) is 0.744. The SMILES string of the molecule is CCCSCCOc1ccccc1C(=O)O. The molecular weight excluding hydrogens is 224 g/mol. The van der Waals surface area contributed by atoms with Crippen LogP contribution in [0, 0.1) is 0 Å². The van der Waals surface area contributed by atoms with Crippen LogP contribution in [0.15, 0.2) is 24.3 Å². The average molecular weight is 240 g/mol. The molecule has 1 aromatic rings. The number of carboxylic acids is 1. The summed E-state index contributed by atoms with van der Waals surface area (Å²) in [6, 6.07) is 6.72. The molecule has 0 aliphatic rings. The number of carbonyl (C=O) groups is 1. The van der Waals surface area contributed by atoms with E-state index in [4.69, 9.17) is 9.84 Å². The highest BCUT2D eigenvalue weighted by Crippen LogP contribution is 2.18. The second kappa shape index (κ2) is 7.17. The van der Waals surface area contributed by atoms with Gasteiger partial charge in [-0.2, -0.15) is 11.8 Å². The predicted octanol–water partition coefficient (Wildman–Crippen LogP) is 2.91. The Labute approximate surface area is 99.8 Å². The van der Waals surface area contributed by atoms with Crippen LogP contribution in [-0.4, -0.2) is 29.2 Å². The molecule has 0 amide bonds. The lowest BCUT2D eigenvalue weighted by Crippen LogP contribution is -2.05. The van der Waals surface area contributed by atoms with Crippen LogP contribution in [0.2, 0.25) is 0 Å². The molecule has 1 rings (SSSR count). The van der Waals surface area contributed by atoms with Gasteiger partial charge in [-0.3, -0.25) is 0 Å². The number of carboxylic acid groups (broad SMARTS) is 1. The number of rotatable bonds is 7. The summed E-state index contributed by atoms with van der Waals surface area (Å²) < 4.78 is 5.44. The van der Waals surface area contributed by atoms with Crippen molar-refractivity contribution in [1.29, 1.82) is 0 Å². The molecule has 3 nitrogen and oxygen atoms in total. The van der Waals surface area contributed by atoms with Crippen LogP contribution in [0.25, 0.3) is 0 Å². The van der Waals surface area contributed by atoms with Crippen LogP contribution in [0.4, 0.5) is 0 Å². The summed E-state index contributed by atoms with van der Waals surface area (Å²) in [5, 5.41) is 8.92. The van der Waals surface area contributed by atoms with Crippen molar-refractivity contribution < 1.29 is 14.6 Å². The van der Waals surface area contributed by atoms with E-state index in [1.807, 2.05) is 11.8 Å². The summed E-state index contributed by atoms with van der Waals surface area (Å²) in [5.74, 6) is 1.51. The molecule has 0 unspecified atom stereocenters. The van der Waals surface area contributed by atoms with Crippen molar-refractivity contribution in [3.8, 4) is 5.75 Å². The molecular formula is C12H16O3S. The maximum atomic E-state index is 10.9. The highest BCUT2D eigenvalue weighted by molar-refractivity contribution is 7.99. The summed E-state index contributed by atoms with van der Waals surface area (Å²) >= 11 is 1.81. The molecule has 0 aliphatic carbocycles. The number of hydrogen-bond acceptors (Lipinski definition) is 3. The maximum Gasteiger partial charge on any atom is 0.339 e. The molecule has 0 heterocycles. The second-order valence-electron chi connectivity index (χ2n) is 3.26. The van der Waals surface area contributed by atoms with E-state index in [0.29, 0.717) is 12.4 Å². The molecule has 0 bridgehead atoms. The first-order valence-corrected chi connectivity index (χ1v) is 6.44. The third-order valence-corrected chi connectivity index (χ3v) is 3.10. The van der Waals surface area contributed by atoms with Gasteiger partial charge in [0.25, 0.3) is 0 Å². The van der Waals surface area contributed by atoms with E-state index in [9.17, 15) is 4.79 Å². The monoisotopic (exact) mass is 240 g/mol. The Balaban J connectivity index is 2.44. The van der Waals surface area contributed by atoms with Gasteiger partial charge in [-0.25, -0.2) is 4.79 Å². The van der Waals surface area contributed by atoms with Gasteiger partial charge in [0.2, 0.25) is 0 Å². The first-order valence-electron chi connectivity index (χ1n) is 5.28. The van der Waals surface area contributed by atoms with Crippen molar-refractivity contribution in [3.63, 3.8) is 0 Å². The lowest BCUT2D eigenvalue weighted by Gasteiger charge is -2.08. The third-order valence-electron chi connectivity index (χ3n) is 1.95. The van der Waals surface area contributed by atoms with Gasteiger partial charge in [0.15, 0.2) is 0 Å². The van der Waals surface area contributed by atoms with Crippen LogP contribution in [0.3, 0.4) is 0 Å². The summed E-state index contributed by atoms with van der Waals surface area (Å²) in [4.78, 5) is 10.9. The Morgan fingerprint density at radius 2 is 2.12 bits per heavy atom. The fourth-order valence-corrected chi connectivity index (χ4v) is 1.92. The minimum Gasteiger partial charge on any atom is -0.492 e. The zero-order valence-electron chi connectivity index (χ0n) is 9.31. The Bertz CT molecular complexity index is 339. The predicted molar refractivity (Wildman–Crippen MR) is 66.5 cm³/mol. The van der Waals surface area contributed by atoms with E-state index < -0.39 is 5.97 Å². The fourth-order valence-electron chi connectivity index (χ4n) is 1.23. The number of benzene rings is 1. The van der Waals surface area contributed by atoms with Crippen molar-refractivity contribution in [2.24, 2.45) is 0 Å². The Morgan fingerprint density at radius 1 is 1.38 bits per heavy atom. The lowest BCUT2D eigenvalue weighted by atomic mass is 10.2. The zero-order chi connectivity index (χ0) is 11.8. The first-order chi connectivity index (χ1) is 7.75. The van der Waals surface area contributed by atoms with E-state index in [-0.39, 0.29) is 5.56 Å². The van der Waals surface area contributed by atoms with Crippen LogP contribution < -0.4 is 4.74 Å². The number of para-hydroxylation sites is 1. The normalized spacial score (nSPS) is 10.1. The number of hydrogen-bond donors (Lipinski definition) is 1. The molecule has 0 aliphatic heterocycles. The summed E-state index contributed by atoms with van der Waals surface area (Å²) in [6.07, 6.45) is 1.15. The van der Waals surface area contributed by atoms with Gasteiger partial charge in [0.1, 0.15) is 11.3 Å². The number of aromatic carboxylic acids is 1. The summed E-state index contributed by atoms with van der Waals surface area (Å²) in [7, 11) is 0. The van der Waals surface area contributed by atoms with Gasteiger partial charge in [-0.1, -0.05) is 19.1 Å². The van der Waals surface area contributed by atoms with Crippen molar-refractivity contribution in [3.05, 3.63) is 29.8 Å². The Kier molecular flexibility index (Phi) is 5.78. The van der Waals surface area contributed by atoms with E-state index in [0.717, 1.165) is 17.9 Å². The molecule has 0 atom stereocenters. The number of thioether (sulfide) groups is 1. The Morgan fingerprint density at radius 3 is 2.81 bits per heavy atom. The fraction of sp³-hybridized carbons (Fsp3) is 0.417. The minimum atomic E-state index is -0.947. The molecule has 4 heteroatoms. The van der Waals surface area contributed by atoms with Crippen LogP contribution in [-0.2, 0) is 0 Å². The van der Waals surface area contributed by atoms with Gasteiger partial charge >= 0.3 is 5.97 Å². The van der Waals surface area contributed by atoms with Crippen molar-refractivity contribution in [2.75, 3.05) is 18.1 Å². The van der Waals surface area contributed by atoms with Crippen molar-refractivity contribution in [2.45, 2.75) is 13.3 Å². The largest absolute Gasteiger partial charge is 0.492 e.